The zero-order valence-electron chi connectivity index (χ0n) is 7.63. The van der Waals surface area contributed by atoms with Gasteiger partial charge in [-0.05, 0) is 0 Å². The molecule has 66 valence electrons. The maximum absolute atomic E-state index is 10.8. The van der Waals surface area contributed by atoms with Gasteiger partial charge in [0.1, 0.15) is 0 Å². The third-order valence-electron chi connectivity index (χ3n) is 2.37. The molecule has 11 heavy (non-hydrogen) atoms. The second-order valence-corrected chi connectivity index (χ2v) is 9.51. The Labute approximate surface area is 75.2 Å². The van der Waals surface area contributed by atoms with Crippen molar-refractivity contribution in [2.75, 3.05) is 0 Å². The maximum atomic E-state index is 10.8. The fourth-order valence-electron chi connectivity index (χ4n) is 1.57. The van der Waals surface area contributed by atoms with Crippen molar-refractivity contribution in [3.05, 3.63) is 0 Å². The molecule has 0 aromatic heterocycles. The van der Waals surface area contributed by atoms with E-state index in [0.717, 1.165) is 0 Å². The van der Waals surface area contributed by atoms with Gasteiger partial charge >= 0.3 is 5.97 Å². The second-order valence-electron chi connectivity index (χ2n) is 2.93. The van der Waals surface area contributed by atoms with Gasteiger partial charge in [0.05, 0.1) is 0 Å². The van der Waals surface area contributed by atoms with Gasteiger partial charge < -0.3 is 5.11 Å². The van der Waals surface area contributed by atoms with Crippen LogP contribution in [0.2, 0.25) is 30.3 Å². The molecule has 0 saturated carbocycles. The van der Waals surface area contributed by atoms with Gasteiger partial charge in [-0.1, -0.05) is 24.8 Å². The first-order valence-electron chi connectivity index (χ1n) is 4.40. The SMILES string of the molecule is C[SiH2]C([SiH2]C)C([SiH2]C)C(=O)O. The summed E-state index contributed by atoms with van der Waals surface area (Å²) < 4.78 is 0. The van der Waals surface area contributed by atoms with Crippen LogP contribution in [0.25, 0.3) is 0 Å². The zero-order chi connectivity index (χ0) is 8.85. The Kier molecular flexibility index (Phi) is 5.79. The summed E-state index contributed by atoms with van der Waals surface area (Å²) in [7, 11) is -0.434. The molecule has 1 N–H and O–H groups in total. The van der Waals surface area contributed by atoms with Crippen molar-refractivity contribution < 1.29 is 9.90 Å². The molecular formula is C6H18O2Si3. The number of hydrogen-bond acceptors (Lipinski definition) is 1. The van der Waals surface area contributed by atoms with Crippen LogP contribution in [0.4, 0.5) is 0 Å². The maximum Gasteiger partial charge on any atom is 0.302 e. The lowest BCUT2D eigenvalue weighted by Gasteiger charge is -2.18. The lowest BCUT2D eigenvalue weighted by atomic mass is 10.5. The van der Waals surface area contributed by atoms with Crippen LogP contribution < -0.4 is 0 Å². The Bertz CT molecular complexity index is 125. The van der Waals surface area contributed by atoms with Crippen molar-refractivity contribution in [2.45, 2.75) is 30.3 Å². The molecule has 0 heterocycles. The predicted molar refractivity (Wildman–Crippen MR) is 58.4 cm³/mol. The highest BCUT2D eigenvalue weighted by molar-refractivity contribution is 6.62. The van der Waals surface area contributed by atoms with E-state index in [1.54, 1.807) is 0 Å². The van der Waals surface area contributed by atoms with E-state index in [4.69, 9.17) is 5.11 Å². The van der Waals surface area contributed by atoms with E-state index in [9.17, 15) is 4.79 Å². The Morgan fingerprint density at radius 2 is 1.64 bits per heavy atom. The van der Waals surface area contributed by atoms with E-state index in [-0.39, 0.29) is 34.1 Å². The van der Waals surface area contributed by atoms with Gasteiger partial charge in [-0.2, -0.15) is 0 Å². The number of hydrogen-bond donors (Lipinski definition) is 1. The Morgan fingerprint density at radius 1 is 1.18 bits per heavy atom. The fraction of sp³-hybridized carbons (Fsp3) is 0.833. The van der Waals surface area contributed by atoms with Crippen LogP contribution in [0.1, 0.15) is 0 Å². The zero-order valence-corrected chi connectivity index (χ0v) is 11.9. The molecule has 0 saturated heterocycles. The second kappa shape index (κ2) is 5.73. The number of carbonyl (C=O) groups is 1. The average molecular weight is 206 g/mol. The van der Waals surface area contributed by atoms with Crippen LogP contribution >= 0.6 is 0 Å². The van der Waals surface area contributed by atoms with E-state index < -0.39 is 5.97 Å². The first-order chi connectivity index (χ1) is 5.17. The van der Waals surface area contributed by atoms with Crippen molar-refractivity contribution in [2.24, 2.45) is 0 Å². The van der Waals surface area contributed by atoms with Gasteiger partial charge in [-0.15, -0.1) is 0 Å². The smallest absolute Gasteiger partial charge is 0.302 e. The fourth-order valence-corrected chi connectivity index (χ4v) is 10.4. The van der Waals surface area contributed by atoms with Gasteiger partial charge in [0, 0.05) is 34.1 Å². The summed E-state index contributed by atoms with van der Waals surface area (Å²) >= 11 is 0. The summed E-state index contributed by atoms with van der Waals surface area (Å²) in [5.74, 6) is -0.507. The van der Waals surface area contributed by atoms with Crippen LogP contribution in [0.15, 0.2) is 0 Å². The van der Waals surface area contributed by atoms with Crippen molar-refractivity contribution in [1.29, 1.82) is 0 Å². The van der Waals surface area contributed by atoms with E-state index in [0.29, 0.717) is 5.16 Å². The average Bonchev–Trinajstić information content (AvgIpc) is 1.99. The largest absolute Gasteiger partial charge is 0.481 e. The molecule has 0 radical (unpaired) electrons. The number of carboxylic acids is 1. The number of aliphatic carboxylic acids is 1. The first-order valence-corrected chi connectivity index (χ1v) is 11.1. The molecule has 0 amide bonds. The molecule has 1 unspecified atom stereocenters. The van der Waals surface area contributed by atoms with Crippen LogP contribution in [0.5, 0.6) is 0 Å². The lowest BCUT2D eigenvalue weighted by molar-refractivity contribution is -0.136. The predicted octanol–water partition coefficient (Wildman–Crippen LogP) is -0.744. The molecular weight excluding hydrogens is 188 g/mol. The van der Waals surface area contributed by atoms with Crippen LogP contribution in [-0.2, 0) is 4.79 Å². The minimum Gasteiger partial charge on any atom is -0.481 e. The molecule has 0 aliphatic rings. The van der Waals surface area contributed by atoms with E-state index in [2.05, 4.69) is 19.6 Å². The summed E-state index contributed by atoms with van der Waals surface area (Å²) in [6, 6.07) is 0. The van der Waals surface area contributed by atoms with Gasteiger partial charge in [-0.3, -0.25) is 4.79 Å². The van der Waals surface area contributed by atoms with Crippen molar-refractivity contribution in [3.63, 3.8) is 0 Å². The summed E-state index contributed by atoms with van der Waals surface area (Å²) in [5.41, 5.74) is 0.128. The normalized spacial score (nSPS) is 19.2. The van der Waals surface area contributed by atoms with Gasteiger partial charge in [0.2, 0.25) is 0 Å². The number of carboxylic acid groups (broad SMARTS) is 1. The van der Waals surface area contributed by atoms with Crippen LogP contribution in [-0.4, -0.2) is 39.6 Å². The van der Waals surface area contributed by atoms with Gasteiger partial charge in [-0.25, -0.2) is 0 Å². The number of rotatable bonds is 5. The van der Waals surface area contributed by atoms with Crippen molar-refractivity contribution >= 4 is 34.5 Å². The molecule has 2 nitrogen and oxygen atoms in total. The highest BCUT2D eigenvalue weighted by Crippen LogP contribution is 2.21. The highest BCUT2D eigenvalue weighted by Gasteiger charge is 2.23. The van der Waals surface area contributed by atoms with Crippen molar-refractivity contribution in [3.8, 4) is 0 Å². The molecule has 0 aromatic rings. The molecule has 0 aliphatic carbocycles. The molecule has 0 bridgehead atoms. The van der Waals surface area contributed by atoms with Crippen molar-refractivity contribution in [1.82, 2.24) is 0 Å². The monoisotopic (exact) mass is 206 g/mol. The Morgan fingerprint density at radius 3 is 1.73 bits per heavy atom. The highest BCUT2D eigenvalue weighted by atomic mass is 28.3. The van der Waals surface area contributed by atoms with E-state index in [1.807, 2.05) is 0 Å². The molecule has 0 rings (SSSR count). The summed E-state index contributed by atoms with van der Waals surface area (Å²) in [4.78, 5) is 10.8. The molecule has 0 aliphatic heterocycles. The minimum atomic E-state index is -0.507. The van der Waals surface area contributed by atoms with E-state index >= 15 is 0 Å². The lowest BCUT2D eigenvalue weighted by Crippen LogP contribution is -2.24. The molecule has 1 atom stereocenters. The quantitative estimate of drug-likeness (QED) is 0.602. The minimum absolute atomic E-state index is 0.0577. The molecule has 0 aromatic carbocycles. The molecule has 0 spiro atoms. The van der Waals surface area contributed by atoms with Gasteiger partial charge in [0.25, 0.3) is 0 Å². The summed E-state index contributed by atoms with van der Waals surface area (Å²) in [6.45, 7) is 6.63. The van der Waals surface area contributed by atoms with Crippen LogP contribution in [0, 0.1) is 0 Å². The Hall–Kier alpha value is 0.121. The van der Waals surface area contributed by atoms with Crippen LogP contribution in [0.3, 0.4) is 0 Å². The Balaban J connectivity index is 4.09. The third kappa shape index (κ3) is 3.35. The third-order valence-corrected chi connectivity index (χ3v) is 12.3. The molecule has 5 heteroatoms. The standard InChI is InChI=1S/C6H18O2Si3/c1-9-4(5(7)8)6(10-2)11-3/h4,6H,9-11H2,1-3H3,(H,7,8). The summed E-state index contributed by atoms with van der Waals surface area (Å²) in [6.07, 6.45) is 0. The first kappa shape index (κ1) is 11.1. The summed E-state index contributed by atoms with van der Waals surface area (Å²) in [5, 5.41) is 9.58. The van der Waals surface area contributed by atoms with E-state index in [1.165, 1.54) is 0 Å². The molecule has 0 fully saturated rings. The topological polar surface area (TPSA) is 37.3 Å². The van der Waals surface area contributed by atoms with Gasteiger partial charge in [0.15, 0.2) is 0 Å².